The number of anilines is 1. The van der Waals surface area contributed by atoms with Gasteiger partial charge in [0, 0.05) is 30.4 Å². The van der Waals surface area contributed by atoms with Gasteiger partial charge in [-0.2, -0.15) is 10.4 Å². The Morgan fingerprint density at radius 2 is 2.08 bits per heavy atom. The number of hydrogen-bond acceptors (Lipinski definition) is 7. The molecule has 9 nitrogen and oxygen atoms in total. The van der Waals surface area contributed by atoms with Gasteiger partial charge in [0.25, 0.3) is 5.91 Å². The lowest BCUT2D eigenvalue weighted by Gasteiger charge is -2.26. The number of rotatable bonds is 7. The molecule has 0 bridgehead atoms. The van der Waals surface area contributed by atoms with E-state index in [-0.39, 0.29) is 12.2 Å². The summed E-state index contributed by atoms with van der Waals surface area (Å²) >= 11 is 0. The standard InChI is InChI=1S/C29H28F2N6O3/c1-28(2,39)17-40-20-11-22(26-19(12-32)14-34-37(26)15-20)18-7-8-24(33-13-18)36-10-9-29(3,16-36)35-27(38)21-5-4-6-23(30)25(21)31/h4-8,11,13-15,39H,9-10,16-17H2,1-3H3,(H,35,38). The Morgan fingerprint density at radius 3 is 2.77 bits per heavy atom. The molecule has 1 aliphatic heterocycles. The summed E-state index contributed by atoms with van der Waals surface area (Å²) in [4.78, 5) is 19.3. The van der Waals surface area contributed by atoms with Crippen molar-refractivity contribution in [2.24, 2.45) is 0 Å². The van der Waals surface area contributed by atoms with Crippen molar-refractivity contribution in [1.29, 1.82) is 5.26 Å². The summed E-state index contributed by atoms with van der Waals surface area (Å²) in [6.07, 6.45) is 5.41. The first kappa shape index (κ1) is 27.0. The monoisotopic (exact) mass is 546 g/mol. The lowest BCUT2D eigenvalue weighted by molar-refractivity contribution is 0.0283. The zero-order chi connectivity index (χ0) is 28.7. The maximum atomic E-state index is 14.1. The molecule has 1 aromatic carbocycles. The van der Waals surface area contributed by atoms with Gasteiger partial charge in [-0.25, -0.2) is 18.3 Å². The number of halogens is 2. The molecular formula is C29H28F2N6O3. The van der Waals surface area contributed by atoms with Crippen molar-refractivity contribution >= 4 is 17.2 Å². The van der Waals surface area contributed by atoms with E-state index in [4.69, 9.17) is 4.74 Å². The van der Waals surface area contributed by atoms with Crippen molar-refractivity contribution in [2.45, 2.75) is 38.3 Å². The number of aromatic nitrogens is 3. The van der Waals surface area contributed by atoms with Crippen LogP contribution in [0.4, 0.5) is 14.6 Å². The van der Waals surface area contributed by atoms with Gasteiger partial charge >= 0.3 is 0 Å². The number of ether oxygens (including phenoxy) is 1. The maximum absolute atomic E-state index is 14.1. The van der Waals surface area contributed by atoms with Crippen LogP contribution < -0.4 is 15.0 Å². The van der Waals surface area contributed by atoms with Crippen LogP contribution in [0.1, 0.15) is 43.1 Å². The second-order valence-corrected chi connectivity index (χ2v) is 10.8. The van der Waals surface area contributed by atoms with Crippen LogP contribution in [-0.4, -0.2) is 56.4 Å². The Bertz CT molecular complexity index is 1620. The van der Waals surface area contributed by atoms with Gasteiger partial charge in [0.05, 0.1) is 40.2 Å². The molecule has 1 aliphatic rings. The third-order valence-corrected chi connectivity index (χ3v) is 6.77. The van der Waals surface area contributed by atoms with E-state index in [9.17, 15) is 23.9 Å². The first-order valence-corrected chi connectivity index (χ1v) is 12.7. The van der Waals surface area contributed by atoms with Crippen LogP contribution in [0, 0.1) is 23.0 Å². The SMILES string of the molecule is CC(C)(O)COc1cc(-c2ccc(N3CCC(C)(NC(=O)c4cccc(F)c4F)C3)nc2)c2c(C#N)cnn2c1. The van der Waals surface area contributed by atoms with E-state index < -0.39 is 28.7 Å². The lowest BCUT2D eigenvalue weighted by Crippen LogP contribution is -2.48. The number of fused-ring (bicyclic) bond motifs is 1. The third kappa shape index (κ3) is 5.44. The van der Waals surface area contributed by atoms with Gasteiger partial charge < -0.3 is 20.1 Å². The smallest absolute Gasteiger partial charge is 0.254 e. The predicted molar refractivity (Wildman–Crippen MR) is 144 cm³/mol. The fourth-order valence-corrected chi connectivity index (χ4v) is 4.75. The largest absolute Gasteiger partial charge is 0.489 e. The minimum atomic E-state index is -1.17. The molecule has 1 amide bonds. The average molecular weight is 547 g/mol. The highest BCUT2D eigenvalue weighted by molar-refractivity contribution is 5.95. The molecule has 0 aliphatic carbocycles. The number of carbonyl (C=O) groups excluding carboxylic acids is 1. The minimum absolute atomic E-state index is 0.0671. The molecule has 4 heterocycles. The first-order valence-electron chi connectivity index (χ1n) is 12.7. The van der Waals surface area contributed by atoms with Gasteiger partial charge in [-0.15, -0.1) is 0 Å². The number of nitriles is 1. The van der Waals surface area contributed by atoms with Crippen LogP contribution in [-0.2, 0) is 0 Å². The highest BCUT2D eigenvalue weighted by atomic mass is 19.2. The zero-order valence-corrected chi connectivity index (χ0v) is 22.3. The summed E-state index contributed by atoms with van der Waals surface area (Å²) in [7, 11) is 0. The van der Waals surface area contributed by atoms with Crippen LogP contribution in [0.15, 0.2) is 55.0 Å². The molecular weight excluding hydrogens is 518 g/mol. The summed E-state index contributed by atoms with van der Waals surface area (Å²) in [5.74, 6) is -1.76. The number of carbonyl (C=O) groups is 1. The molecule has 40 heavy (non-hydrogen) atoms. The topological polar surface area (TPSA) is 116 Å². The molecule has 5 rings (SSSR count). The molecule has 11 heteroatoms. The molecule has 206 valence electrons. The average Bonchev–Trinajstić information content (AvgIpc) is 3.51. The van der Waals surface area contributed by atoms with Crippen molar-refractivity contribution in [2.75, 3.05) is 24.6 Å². The van der Waals surface area contributed by atoms with Crippen LogP contribution in [0.5, 0.6) is 5.75 Å². The van der Waals surface area contributed by atoms with Crippen LogP contribution in [0.2, 0.25) is 0 Å². The maximum Gasteiger partial charge on any atom is 0.254 e. The van der Waals surface area contributed by atoms with Crippen molar-refractivity contribution in [3.05, 3.63) is 77.8 Å². The minimum Gasteiger partial charge on any atom is -0.489 e. The Kier molecular flexibility index (Phi) is 6.89. The van der Waals surface area contributed by atoms with E-state index in [0.29, 0.717) is 47.7 Å². The Morgan fingerprint density at radius 1 is 1.27 bits per heavy atom. The molecule has 3 aromatic heterocycles. The number of hydrogen-bond donors (Lipinski definition) is 2. The van der Waals surface area contributed by atoms with E-state index in [0.717, 1.165) is 11.6 Å². The predicted octanol–water partition coefficient (Wildman–Crippen LogP) is 4.09. The van der Waals surface area contributed by atoms with E-state index in [1.54, 1.807) is 36.8 Å². The summed E-state index contributed by atoms with van der Waals surface area (Å²) in [6, 6.07) is 11.2. The number of amides is 1. The number of aliphatic hydroxyl groups is 1. The molecule has 2 N–H and O–H groups in total. The quantitative estimate of drug-likeness (QED) is 0.359. The van der Waals surface area contributed by atoms with Gasteiger partial charge in [-0.1, -0.05) is 6.07 Å². The van der Waals surface area contributed by atoms with E-state index in [2.05, 4.69) is 21.5 Å². The van der Waals surface area contributed by atoms with Crippen molar-refractivity contribution in [3.63, 3.8) is 0 Å². The molecule has 0 saturated carbocycles. The van der Waals surface area contributed by atoms with E-state index in [1.807, 2.05) is 24.0 Å². The third-order valence-electron chi connectivity index (χ3n) is 6.77. The summed E-state index contributed by atoms with van der Waals surface area (Å²) < 4.78 is 35.1. The number of benzene rings is 1. The van der Waals surface area contributed by atoms with Gasteiger partial charge in [0.15, 0.2) is 11.6 Å². The summed E-state index contributed by atoms with van der Waals surface area (Å²) in [6.45, 7) is 6.23. The molecule has 1 atom stereocenters. The Balaban J connectivity index is 1.36. The number of nitrogens with zero attached hydrogens (tertiary/aromatic N) is 5. The fraction of sp³-hybridized carbons (Fsp3) is 0.310. The van der Waals surface area contributed by atoms with E-state index in [1.165, 1.54) is 18.3 Å². The molecule has 4 aromatic rings. The second kappa shape index (κ2) is 10.2. The highest BCUT2D eigenvalue weighted by Gasteiger charge is 2.36. The van der Waals surface area contributed by atoms with Crippen molar-refractivity contribution in [3.8, 4) is 22.9 Å². The normalized spacial score (nSPS) is 17.2. The fourth-order valence-electron chi connectivity index (χ4n) is 4.75. The molecule has 1 unspecified atom stereocenters. The summed E-state index contributed by atoms with van der Waals surface area (Å²) in [5.41, 5.74) is 0.387. The molecule has 0 radical (unpaired) electrons. The van der Waals surface area contributed by atoms with Crippen LogP contribution in [0.25, 0.3) is 16.6 Å². The molecule has 0 spiro atoms. The Hall–Kier alpha value is -4.56. The highest BCUT2D eigenvalue weighted by Crippen LogP contribution is 2.33. The van der Waals surface area contributed by atoms with Crippen molar-refractivity contribution in [1.82, 2.24) is 19.9 Å². The number of nitrogens with one attached hydrogen (secondary N) is 1. The lowest BCUT2D eigenvalue weighted by atomic mass is 10.0. The molecule has 1 fully saturated rings. The van der Waals surface area contributed by atoms with Gasteiger partial charge in [0.1, 0.15) is 24.2 Å². The van der Waals surface area contributed by atoms with Gasteiger partial charge in [0.2, 0.25) is 0 Å². The van der Waals surface area contributed by atoms with E-state index >= 15 is 0 Å². The van der Waals surface area contributed by atoms with Gasteiger partial charge in [-0.3, -0.25) is 4.79 Å². The molecule has 1 saturated heterocycles. The zero-order valence-electron chi connectivity index (χ0n) is 22.3. The Labute approximate surface area is 229 Å². The van der Waals surface area contributed by atoms with Crippen molar-refractivity contribution < 1.29 is 23.4 Å². The van der Waals surface area contributed by atoms with Crippen LogP contribution in [0.3, 0.4) is 0 Å². The summed E-state index contributed by atoms with van der Waals surface area (Å²) in [5, 5.41) is 26.8. The van der Waals surface area contributed by atoms with Crippen LogP contribution >= 0.6 is 0 Å². The van der Waals surface area contributed by atoms with Gasteiger partial charge in [-0.05, 0) is 57.5 Å². The second-order valence-electron chi connectivity index (χ2n) is 10.8. The number of pyridine rings is 2. The first-order chi connectivity index (χ1) is 19.0.